The Bertz CT molecular complexity index is 752. The number of aryl methyl sites for hydroxylation is 1. The number of guanidine groups is 1. The van der Waals surface area contributed by atoms with Gasteiger partial charge in [-0.1, -0.05) is 0 Å². The summed E-state index contributed by atoms with van der Waals surface area (Å²) in [5.74, 6) is 2.76. The number of hydrogen-bond acceptors (Lipinski definition) is 5. The molecule has 3 rings (SSSR count). The van der Waals surface area contributed by atoms with E-state index in [1.807, 2.05) is 29.9 Å². The third-order valence-corrected chi connectivity index (χ3v) is 6.18. The second-order valence-electron chi connectivity index (χ2n) is 6.36. The van der Waals surface area contributed by atoms with Crippen LogP contribution >= 0.6 is 51.2 Å². The molecule has 0 amide bonds. The summed E-state index contributed by atoms with van der Waals surface area (Å²) in [4.78, 5) is 11.0. The number of nitrogens with zero attached hydrogens (tertiary/aromatic N) is 6. The quantitative estimate of drug-likeness (QED) is 0.342. The van der Waals surface area contributed by atoms with Gasteiger partial charge in [-0.05, 0) is 41.9 Å². The van der Waals surface area contributed by atoms with Gasteiger partial charge in [0.05, 0.1) is 3.79 Å². The van der Waals surface area contributed by atoms with Gasteiger partial charge >= 0.3 is 0 Å². The van der Waals surface area contributed by atoms with Crippen LogP contribution in [0.4, 0.5) is 0 Å². The molecule has 1 N–H and O–H groups in total. The lowest BCUT2D eigenvalue weighted by Gasteiger charge is -2.36. The predicted octanol–water partition coefficient (Wildman–Crippen LogP) is 2.85. The van der Waals surface area contributed by atoms with Crippen molar-refractivity contribution in [1.82, 2.24) is 29.9 Å². The van der Waals surface area contributed by atoms with Crippen LogP contribution in [0, 0.1) is 6.92 Å². The van der Waals surface area contributed by atoms with Gasteiger partial charge in [-0.3, -0.25) is 4.90 Å². The van der Waals surface area contributed by atoms with Crippen LogP contribution in [0.2, 0.25) is 0 Å². The van der Waals surface area contributed by atoms with Crippen LogP contribution in [0.25, 0.3) is 0 Å². The molecule has 0 aliphatic carbocycles. The monoisotopic (exact) mass is 567 g/mol. The molecule has 3 heterocycles. The summed E-state index contributed by atoms with van der Waals surface area (Å²) in [6.45, 7) is 10.5. The molecular weight excluding hydrogens is 541 g/mol. The Morgan fingerprint density at radius 3 is 2.56 bits per heavy atom. The Labute approximate surface area is 190 Å². The van der Waals surface area contributed by atoms with E-state index >= 15 is 0 Å². The first-order chi connectivity index (χ1) is 12.6. The summed E-state index contributed by atoms with van der Waals surface area (Å²) in [6, 6.07) is 4.33. The number of rotatable bonds is 5. The van der Waals surface area contributed by atoms with E-state index in [0.717, 1.165) is 56.9 Å². The van der Waals surface area contributed by atoms with Crippen LogP contribution in [-0.4, -0.2) is 63.2 Å². The van der Waals surface area contributed by atoms with E-state index < -0.39 is 0 Å². The predicted molar refractivity (Wildman–Crippen MR) is 125 cm³/mol. The zero-order chi connectivity index (χ0) is 18.5. The van der Waals surface area contributed by atoms with E-state index in [1.165, 1.54) is 8.66 Å². The highest BCUT2D eigenvalue weighted by molar-refractivity contribution is 14.0. The number of piperazine rings is 1. The normalized spacial score (nSPS) is 15.7. The topological polar surface area (TPSA) is 61.6 Å². The van der Waals surface area contributed by atoms with Crippen molar-refractivity contribution in [2.24, 2.45) is 12.0 Å². The van der Waals surface area contributed by atoms with Gasteiger partial charge in [0.1, 0.15) is 12.4 Å². The van der Waals surface area contributed by atoms with Crippen molar-refractivity contribution in [3.63, 3.8) is 0 Å². The average molecular weight is 568 g/mol. The molecular formula is C17H27BrIN7S. The van der Waals surface area contributed by atoms with Gasteiger partial charge < -0.3 is 14.8 Å². The molecule has 0 spiro atoms. The summed E-state index contributed by atoms with van der Waals surface area (Å²) in [5.41, 5.74) is 0. The van der Waals surface area contributed by atoms with Crippen LogP contribution in [-0.2, 0) is 20.1 Å². The molecule has 0 radical (unpaired) electrons. The summed E-state index contributed by atoms with van der Waals surface area (Å²) in [6.07, 6.45) is 0. The fraction of sp³-hybridized carbons (Fsp3) is 0.588. The zero-order valence-corrected chi connectivity index (χ0v) is 20.7. The molecule has 1 fully saturated rings. The van der Waals surface area contributed by atoms with Crippen LogP contribution in [0.1, 0.15) is 23.4 Å². The summed E-state index contributed by atoms with van der Waals surface area (Å²) in [5, 5.41) is 11.7. The maximum atomic E-state index is 4.78. The first kappa shape index (κ1) is 22.6. The second-order valence-corrected chi connectivity index (χ2v) is 8.91. The number of nitrogens with one attached hydrogen (secondary N) is 1. The van der Waals surface area contributed by atoms with Gasteiger partial charge in [0.25, 0.3) is 0 Å². The van der Waals surface area contributed by atoms with E-state index in [0.29, 0.717) is 6.54 Å². The minimum Gasteiger partial charge on any atom is -0.357 e. The zero-order valence-electron chi connectivity index (χ0n) is 16.0. The van der Waals surface area contributed by atoms with Crippen molar-refractivity contribution in [3.05, 3.63) is 32.4 Å². The highest BCUT2D eigenvalue weighted by Crippen LogP contribution is 2.23. The number of halogens is 2. The van der Waals surface area contributed by atoms with E-state index in [2.05, 4.69) is 60.3 Å². The minimum atomic E-state index is 0. The number of aromatic nitrogens is 3. The molecule has 0 bridgehead atoms. The number of thiophene rings is 1. The van der Waals surface area contributed by atoms with Crippen molar-refractivity contribution >= 4 is 57.2 Å². The molecule has 0 atom stereocenters. The molecule has 2 aromatic heterocycles. The van der Waals surface area contributed by atoms with E-state index in [4.69, 9.17) is 4.99 Å². The van der Waals surface area contributed by atoms with Gasteiger partial charge in [-0.2, -0.15) is 0 Å². The fourth-order valence-corrected chi connectivity index (χ4v) is 4.46. The number of aliphatic imine (C=N–C) groups is 1. The van der Waals surface area contributed by atoms with Gasteiger partial charge in [-0.15, -0.1) is 45.5 Å². The largest absolute Gasteiger partial charge is 0.357 e. The Kier molecular flexibility index (Phi) is 8.96. The van der Waals surface area contributed by atoms with Gasteiger partial charge in [0.2, 0.25) is 0 Å². The Hall–Kier alpha value is -0.720. The van der Waals surface area contributed by atoms with Crippen molar-refractivity contribution in [1.29, 1.82) is 0 Å². The molecule has 1 aliphatic heterocycles. The van der Waals surface area contributed by atoms with Crippen LogP contribution in [0.3, 0.4) is 0 Å². The average Bonchev–Trinajstić information content (AvgIpc) is 3.19. The van der Waals surface area contributed by atoms with Gasteiger partial charge in [0, 0.05) is 51.2 Å². The molecule has 0 unspecified atom stereocenters. The van der Waals surface area contributed by atoms with Crippen molar-refractivity contribution < 1.29 is 0 Å². The Morgan fingerprint density at radius 1 is 1.26 bits per heavy atom. The third-order valence-electron chi connectivity index (χ3n) is 4.57. The van der Waals surface area contributed by atoms with Crippen molar-refractivity contribution in [3.8, 4) is 0 Å². The molecule has 1 saturated heterocycles. The van der Waals surface area contributed by atoms with E-state index in [9.17, 15) is 0 Å². The summed E-state index contributed by atoms with van der Waals surface area (Å²) in [7, 11) is 1.98. The second kappa shape index (κ2) is 10.7. The SMILES string of the molecule is CCNC(=NCc1nnc(C)n1C)N1CCN(Cc2ccc(Br)s2)CC1.I. The lowest BCUT2D eigenvalue weighted by Crippen LogP contribution is -2.52. The molecule has 7 nitrogen and oxygen atoms in total. The molecule has 1 aliphatic rings. The Balaban J connectivity index is 0.00000261. The standard InChI is InChI=1S/C17H26BrN7S.HI/c1-4-19-17(20-11-16-22-21-13(2)23(16)3)25-9-7-24(8-10-25)12-14-5-6-15(18)26-14;/h5-6H,4,7-12H2,1-3H3,(H,19,20);1H. The maximum absolute atomic E-state index is 4.78. The van der Waals surface area contributed by atoms with Crippen LogP contribution in [0.5, 0.6) is 0 Å². The maximum Gasteiger partial charge on any atom is 0.194 e. The smallest absolute Gasteiger partial charge is 0.194 e. The Morgan fingerprint density at radius 2 is 2.00 bits per heavy atom. The van der Waals surface area contributed by atoms with E-state index in [1.54, 1.807) is 0 Å². The van der Waals surface area contributed by atoms with Crippen molar-refractivity contribution in [2.75, 3.05) is 32.7 Å². The molecule has 0 saturated carbocycles. The molecule has 2 aromatic rings. The first-order valence-corrected chi connectivity index (χ1v) is 10.5. The molecule has 27 heavy (non-hydrogen) atoms. The van der Waals surface area contributed by atoms with Gasteiger partial charge in [0.15, 0.2) is 11.8 Å². The molecule has 150 valence electrons. The van der Waals surface area contributed by atoms with Crippen LogP contribution < -0.4 is 5.32 Å². The third kappa shape index (κ3) is 6.13. The number of hydrogen-bond donors (Lipinski definition) is 1. The summed E-state index contributed by atoms with van der Waals surface area (Å²) >= 11 is 5.36. The summed E-state index contributed by atoms with van der Waals surface area (Å²) < 4.78 is 3.19. The minimum absolute atomic E-state index is 0. The molecule has 0 aromatic carbocycles. The van der Waals surface area contributed by atoms with E-state index in [-0.39, 0.29) is 24.0 Å². The van der Waals surface area contributed by atoms with Crippen LogP contribution in [0.15, 0.2) is 20.9 Å². The molecule has 10 heteroatoms. The lowest BCUT2D eigenvalue weighted by molar-refractivity contribution is 0.173. The highest BCUT2D eigenvalue weighted by atomic mass is 127. The van der Waals surface area contributed by atoms with Crippen molar-refractivity contribution in [2.45, 2.75) is 26.9 Å². The lowest BCUT2D eigenvalue weighted by atomic mass is 10.3. The van der Waals surface area contributed by atoms with Gasteiger partial charge in [-0.25, -0.2) is 4.99 Å². The fourth-order valence-electron chi connectivity index (χ4n) is 2.94. The highest BCUT2D eigenvalue weighted by Gasteiger charge is 2.20. The first-order valence-electron chi connectivity index (χ1n) is 8.91.